The highest BCUT2D eigenvalue weighted by molar-refractivity contribution is 5.40. The molecule has 0 spiro atoms. The first kappa shape index (κ1) is 28.3. The summed E-state index contributed by atoms with van der Waals surface area (Å²) >= 11 is 0. The van der Waals surface area contributed by atoms with E-state index in [-0.39, 0.29) is 10.8 Å². The highest BCUT2D eigenvalue weighted by Crippen LogP contribution is 2.30. The molecule has 0 atom stereocenters. The third kappa shape index (κ3) is 9.01. The fourth-order valence-electron chi connectivity index (χ4n) is 4.57. The Morgan fingerprint density at radius 1 is 0.500 bits per heavy atom. The van der Waals surface area contributed by atoms with Gasteiger partial charge in [-0.15, -0.1) is 0 Å². The van der Waals surface area contributed by atoms with Gasteiger partial charge in [0.25, 0.3) is 0 Å². The van der Waals surface area contributed by atoms with Crippen LogP contribution in [-0.4, -0.2) is 14.2 Å². The summed E-state index contributed by atoms with van der Waals surface area (Å²) < 4.78 is 11.2. The molecule has 2 heteroatoms. The lowest BCUT2D eigenvalue weighted by Gasteiger charge is -2.21. The van der Waals surface area contributed by atoms with Crippen molar-refractivity contribution in [2.24, 2.45) is 0 Å². The van der Waals surface area contributed by atoms with Crippen LogP contribution >= 0.6 is 0 Å². The molecule has 0 aliphatic carbocycles. The number of aryl methyl sites for hydroxylation is 2. The summed E-state index contributed by atoms with van der Waals surface area (Å²) in [5, 5.41) is 0. The van der Waals surface area contributed by atoms with Crippen molar-refractivity contribution in [2.75, 3.05) is 14.2 Å². The Balaban J connectivity index is 1.65. The van der Waals surface area contributed by atoms with E-state index in [2.05, 4.69) is 77.9 Å². The maximum Gasteiger partial charge on any atom is 0.122 e. The summed E-state index contributed by atoms with van der Waals surface area (Å²) in [6.07, 6.45) is 12.7. The zero-order chi connectivity index (χ0) is 25.2. The molecular formula is C32H50O2. The lowest BCUT2D eigenvalue weighted by Crippen LogP contribution is -2.11. The summed E-state index contributed by atoms with van der Waals surface area (Å²) in [4.78, 5) is 0. The first-order chi connectivity index (χ1) is 16.1. The van der Waals surface area contributed by atoms with Crippen molar-refractivity contribution in [1.29, 1.82) is 0 Å². The number of ether oxygens (including phenoxy) is 2. The summed E-state index contributed by atoms with van der Waals surface area (Å²) in [5.74, 6) is 2.08. The largest absolute Gasteiger partial charge is 0.496 e. The van der Waals surface area contributed by atoms with E-state index in [1.807, 2.05) is 0 Å². The molecule has 190 valence electrons. The maximum absolute atomic E-state index is 5.61. The fraction of sp³-hybridized carbons (Fsp3) is 0.625. The normalized spacial score (nSPS) is 12.1. The molecule has 0 amide bonds. The fourth-order valence-corrected chi connectivity index (χ4v) is 4.57. The summed E-state index contributed by atoms with van der Waals surface area (Å²) in [7, 11) is 3.57. The molecule has 0 aliphatic rings. The van der Waals surface area contributed by atoms with Crippen molar-refractivity contribution in [3.05, 3.63) is 58.7 Å². The molecular weight excluding hydrogens is 416 g/mol. The molecule has 0 fully saturated rings. The molecule has 0 saturated carbocycles. The molecule has 0 radical (unpaired) electrons. The van der Waals surface area contributed by atoms with E-state index in [1.165, 1.54) is 73.6 Å². The topological polar surface area (TPSA) is 18.5 Å². The molecule has 0 bridgehead atoms. The Morgan fingerprint density at radius 3 is 1.12 bits per heavy atom. The van der Waals surface area contributed by atoms with Crippen LogP contribution in [0.2, 0.25) is 0 Å². The monoisotopic (exact) mass is 466 g/mol. The van der Waals surface area contributed by atoms with Crippen molar-refractivity contribution in [3.8, 4) is 11.5 Å². The average molecular weight is 467 g/mol. The second-order valence-corrected chi connectivity index (χ2v) is 11.9. The van der Waals surface area contributed by atoms with Crippen LogP contribution in [0.15, 0.2) is 36.4 Å². The van der Waals surface area contributed by atoms with Crippen LogP contribution in [0.5, 0.6) is 11.5 Å². The van der Waals surface area contributed by atoms with E-state index < -0.39 is 0 Å². The number of hydrogen-bond donors (Lipinski definition) is 0. The highest BCUT2D eigenvalue weighted by atomic mass is 16.5. The minimum absolute atomic E-state index is 0.182. The van der Waals surface area contributed by atoms with E-state index >= 15 is 0 Å². The van der Waals surface area contributed by atoms with Crippen molar-refractivity contribution < 1.29 is 9.47 Å². The molecule has 0 aliphatic heterocycles. The zero-order valence-electron chi connectivity index (χ0n) is 23.4. The smallest absolute Gasteiger partial charge is 0.122 e. The molecule has 0 saturated heterocycles. The van der Waals surface area contributed by atoms with Crippen LogP contribution in [0.25, 0.3) is 0 Å². The van der Waals surface area contributed by atoms with Crippen molar-refractivity contribution in [3.63, 3.8) is 0 Å². The van der Waals surface area contributed by atoms with E-state index in [0.717, 1.165) is 24.3 Å². The second kappa shape index (κ2) is 13.2. The Kier molecular flexibility index (Phi) is 11.0. The summed E-state index contributed by atoms with van der Waals surface area (Å²) in [6.45, 7) is 13.7. The number of benzene rings is 2. The van der Waals surface area contributed by atoms with Crippen molar-refractivity contribution in [1.82, 2.24) is 0 Å². The van der Waals surface area contributed by atoms with Gasteiger partial charge in [-0.3, -0.25) is 0 Å². The average Bonchev–Trinajstić information content (AvgIpc) is 2.78. The highest BCUT2D eigenvalue weighted by Gasteiger charge is 2.16. The molecule has 0 unspecified atom stereocenters. The SMILES string of the molecule is COc1ccc(C(C)(C)C)cc1CCCCCCCCCCc1cc(C(C)(C)C)ccc1OC. The molecule has 34 heavy (non-hydrogen) atoms. The van der Waals surface area contributed by atoms with Gasteiger partial charge in [-0.1, -0.05) is 104 Å². The minimum Gasteiger partial charge on any atom is -0.496 e. The lowest BCUT2D eigenvalue weighted by molar-refractivity contribution is 0.407. The third-order valence-electron chi connectivity index (χ3n) is 6.94. The van der Waals surface area contributed by atoms with Gasteiger partial charge in [0.05, 0.1) is 14.2 Å². The Bertz CT molecular complexity index is 794. The zero-order valence-corrected chi connectivity index (χ0v) is 23.4. The van der Waals surface area contributed by atoms with Crippen LogP contribution in [0, 0.1) is 0 Å². The standard InChI is InChI=1S/C32H50O2/c1-31(2,3)27-19-21-29(33-7)25(23-27)17-15-13-11-9-10-12-14-16-18-26-24-28(32(4,5)6)20-22-30(26)34-8/h19-24H,9-18H2,1-8H3. The minimum atomic E-state index is 0.182. The Labute approximate surface area is 210 Å². The van der Waals surface area contributed by atoms with Gasteiger partial charge in [-0.2, -0.15) is 0 Å². The van der Waals surface area contributed by atoms with Gasteiger partial charge in [0.2, 0.25) is 0 Å². The summed E-state index contributed by atoms with van der Waals surface area (Å²) in [6, 6.07) is 13.4. The molecule has 2 aromatic rings. The first-order valence-corrected chi connectivity index (χ1v) is 13.4. The Hall–Kier alpha value is -1.96. The number of methoxy groups -OCH3 is 2. The van der Waals surface area contributed by atoms with Crippen LogP contribution in [0.1, 0.15) is 115 Å². The van der Waals surface area contributed by atoms with Crippen LogP contribution in [0.4, 0.5) is 0 Å². The van der Waals surface area contributed by atoms with Gasteiger partial charge >= 0.3 is 0 Å². The molecule has 2 aromatic carbocycles. The number of rotatable bonds is 13. The van der Waals surface area contributed by atoms with E-state index in [0.29, 0.717) is 0 Å². The molecule has 2 nitrogen and oxygen atoms in total. The van der Waals surface area contributed by atoms with Gasteiger partial charge in [-0.25, -0.2) is 0 Å². The van der Waals surface area contributed by atoms with Crippen LogP contribution in [0.3, 0.4) is 0 Å². The number of hydrogen-bond acceptors (Lipinski definition) is 2. The second-order valence-electron chi connectivity index (χ2n) is 11.9. The van der Waals surface area contributed by atoms with Crippen molar-refractivity contribution >= 4 is 0 Å². The maximum atomic E-state index is 5.61. The molecule has 0 N–H and O–H groups in total. The predicted molar refractivity (Wildman–Crippen MR) is 148 cm³/mol. The Morgan fingerprint density at radius 2 is 0.824 bits per heavy atom. The first-order valence-electron chi connectivity index (χ1n) is 13.4. The number of unbranched alkanes of at least 4 members (excludes halogenated alkanes) is 7. The van der Waals surface area contributed by atoms with Gasteiger partial charge in [0, 0.05) is 0 Å². The quantitative estimate of drug-likeness (QED) is 0.274. The molecule has 0 heterocycles. The van der Waals surface area contributed by atoms with E-state index in [1.54, 1.807) is 14.2 Å². The van der Waals surface area contributed by atoms with Gasteiger partial charge in [-0.05, 0) is 70.9 Å². The van der Waals surface area contributed by atoms with E-state index in [9.17, 15) is 0 Å². The van der Waals surface area contributed by atoms with Crippen LogP contribution < -0.4 is 9.47 Å². The van der Waals surface area contributed by atoms with Crippen molar-refractivity contribution in [2.45, 2.75) is 117 Å². The third-order valence-corrected chi connectivity index (χ3v) is 6.94. The van der Waals surface area contributed by atoms with Crippen LogP contribution in [-0.2, 0) is 23.7 Å². The van der Waals surface area contributed by atoms with Gasteiger partial charge < -0.3 is 9.47 Å². The van der Waals surface area contributed by atoms with Gasteiger partial charge in [0.15, 0.2) is 0 Å². The van der Waals surface area contributed by atoms with E-state index in [4.69, 9.17) is 9.47 Å². The molecule has 2 rings (SSSR count). The van der Waals surface area contributed by atoms with Gasteiger partial charge in [0.1, 0.15) is 11.5 Å². The predicted octanol–water partition coefficient (Wildman–Crippen LogP) is 9.20. The molecule has 0 aromatic heterocycles. The lowest BCUT2D eigenvalue weighted by atomic mass is 9.85. The summed E-state index contributed by atoms with van der Waals surface area (Å²) in [5.41, 5.74) is 5.88.